The monoisotopic (exact) mass is 423 g/mol. The zero-order chi connectivity index (χ0) is 22.2. The van der Waals surface area contributed by atoms with E-state index in [2.05, 4.69) is 31.0 Å². The van der Waals surface area contributed by atoms with Crippen LogP contribution in [0.15, 0.2) is 48.5 Å². The van der Waals surface area contributed by atoms with Crippen molar-refractivity contribution in [2.24, 2.45) is 5.92 Å². The van der Waals surface area contributed by atoms with Gasteiger partial charge in [-0.15, -0.1) is 0 Å². The third kappa shape index (κ3) is 5.85. The SMILES string of the molecule is CCc1ccc(N2CC(C(=O)Nc3ccccc3OCCN(CC)CC)CC2=O)cc1. The van der Waals surface area contributed by atoms with Gasteiger partial charge in [-0.25, -0.2) is 0 Å². The van der Waals surface area contributed by atoms with Crippen molar-refractivity contribution >= 4 is 23.2 Å². The molecule has 1 atom stereocenters. The minimum atomic E-state index is -0.387. The number of amides is 2. The molecule has 1 saturated heterocycles. The minimum absolute atomic E-state index is 0.0202. The molecule has 1 heterocycles. The van der Waals surface area contributed by atoms with E-state index >= 15 is 0 Å². The first kappa shape index (κ1) is 22.8. The Morgan fingerprint density at radius 2 is 1.81 bits per heavy atom. The van der Waals surface area contributed by atoms with Crippen molar-refractivity contribution in [2.75, 3.05) is 43.0 Å². The predicted molar refractivity (Wildman–Crippen MR) is 125 cm³/mol. The lowest BCUT2D eigenvalue weighted by Crippen LogP contribution is -2.29. The lowest BCUT2D eigenvalue weighted by atomic mass is 10.1. The Kier molecular flexibility index (Phi) is 8.06. The largest absolute Gasteiger partial charge is 0.490 e. The first-order valence-corrected chi connectivity index (χ1v) is 11.2. The van der Waals surface area contributed by atoms with Gasteiger partial charge < -0.3 is 19.9 Å². The van der Waals surface area contributed by atoms with Crippen molar-refractivity contribution < 1.29 is 14.3 Å². The van der Waals surface area contributed by atoms with Gasteiger partial charge in [-0.3, -0.25) is 9.59 Å². The van der Waals surface area contributed by atoms with Crippen molar-refractivity contribution in [3.8, 4) is 5.75 Å². The van der Waals surface area contributed by atoms with Gasteiger partial charge in [0.15, 0.2) is 0 Å². The molecule has 6 heteroatoms. The van der Waals surface area contributed by atoms with Crippen LogP contribution in [0, 0.1) is 5.92 Å². The fourth-order valence-electron chi connectivity index (χ4n) is 3.80. The van der Waals surface area contributed by atoms with Crippen LogP contribution >= 0.6 is 0 Å². The molecule has 31 heavy (non-hydrogen) atoms. The van der Waals surface area contributed by atoms with Crippen molar-refractivity contribution in [1.82, 2.24) is 4.90 Å². The molecule has 2 aromatic carbocycles. The van der Waals surface area contributed by atoms with E-state index in [1.54, 1.807) is 4.90 Å². The Morgan fingerprint density at radius 3 is 2.48 bits per heavy atom. The van der Waals surface area contributed by atoms with Gasteiger partial charge in [0.2, 0.25) is 11.8 Å². The fourth-order valence-corrected chi connectivity index (χ4v) is 3.80. The summed E-state index contributed by atoms with van der Waals surface area (Å²) in [6.07, 6.45) is 1.17. The zero-order valence-electron chi connectivity index (χ0n) is 18.8. The molecule has 1 N–H and O–H groups in total. The maximum Gasteiger partial charge on any atom is 0.229 e. The molecule has 1 fully saturated rings. The Balaban J connectivity index is 1.60. The Hall–Kier alpha value is -2.86. The van der Waals surface area contributed by atoms with E-state index < -0.39 is 0 Å². The third-order valence-corrected chi connectivity index (χ3v) is 5.86. The maximum atomic E-state index is 12.9. The number of carbonyl (C=O) groups is 2. The van der Waals surface area contributed by atoms with Gasteiger partial charge in [0, 0.05) is 25.2 Å². The van der Waals surface area contributed by atoms with Gasteiger partial charge in [-0.1, -0.05) is 45.0 Å². The topological polar surface area (TPSA) is 61.9 Å². The van der Waals surface area contributed by atoms with E-state index in [1.807, 2.05) is 48.5 Å². The molecule has 1 aliphatic heterocycles. The molecule has 1 aliphatic rings. The van der Waals surface area contributed by atoms with Gasteiger partial charge in [-0.2, -0.15) is 0 Å². The molecule has 0 aliphatic carbocycles. The minimum Gasteiger partial charge on any atom is -0.490 e. The number of rotatable bonds is 10. The van der Waals surface area contributed by atoms with Crippen molar-refractivity contribution in [3.63, 3.8) is 0 Å². The summed E-state index contributed by atoms with van der Waals surface area (Å²) < 4.78 is 5.93. The number of hydrogen-bond acceptors (Lipinski definition) is 4. The van der Waals surface area contributed by atoms with E-state index in [4.69, 9.17) is 4.74 Å². The van der Waals surface area contributed by atoms with E-state index in [0.717, 1.165) is 31.7 Å². The van der Waals surface area contributed by atoms with Crippen molar-refractivity contribution in [1.29, 1.82) is 0 Å². The highest BCUT2D eigenvalue weighted by atomic mass is 16.5. The normalized spacial score (nSPS) is 16.1. The van der Waals surface area contributed by atoms with E-state index in [9.17, 15) is 9.59 Å². The van der Waals surface area contributed by atoms with Crippen LogP contribution in [0.1, 0.15) is 32.8 Å². The summed E-state index contributed by atoms with van der Waals surface area (Å²) in [5.74, 6) is 0.0930. The van der Waals surface area contributed by atoms with Gasteiger partial charge in [0.1, 0.15) is 12.4 Å². The number of carbonyl (C=O) groups excluding carboxylic acids is 2. The molecule has 2 amide bonds. The van der Waals surface area contributed by atoms with Crippen LogP contribution in [-0.2, 0) is 16.0 Å². The molecular weight excluding hydrogens is 390 g/mol. The summed E-state index contributed by atoms with van der Waals surface area (Å²) >= 11 is 0. The zero-order valence-corrected chi connectivity index (χ0v) is 18.8. The van der Waals surface area contributed by atoms with Crippen LogP contribution in [0.3, 0.4) is 0 Å². The van der Waals surface area contributed by atoms with Crippen LogP contribution in [0.2, 0.25) is 0 Å². The Labute approximate surface area is 185 Å². The second-order valence-electron chi connectivity index (χ2n) is 7.79. The highest BCUT2D eigenvalue weighted by Gasteiger charge is 2.35. The van der Waals surface area contributed by atoms with E-state index in [0.29, 0.717) is 24.6 Å². The molecule has 0 saturated carbocycles. The second kappa shape index (κ2) is 11.0. The molecule has 3 rings (SSSR count). The number of hydrogen-bond donors (Lipinski definition) is 1. The lowest BCUT2D eigenvalue weighted by molar-refractivity contribution is -0.122. The molecule has 0 spiro atoms. The van der Waals surface area contributed by atoms with Crippen molar-refractivity contribution in [2.45, 2.75) is 33.6 Å². The number of anilines is 2. The molecule has 166 valence electrons. The highest BCUT2D eigenvalue weighted by Crippen LogP contribution is 2.29. The summed E-state index contributed by atoms with van der Waals surface area (Å²) in [4.78, 5) is 29.4. The number of likely N-dealkylation sites (N-methyl/N-ethyl adjacent to an activating group) is 1. The molecule has 0 bridgehead atoms. The quantitative estimate of drug-likeness (QED) is 0.628. The predicted octanol–water partition coefficient (Wildman–Crippen LogP) is 3.96. The van der Waals surface area contributed by atoms with Crippen LogP contribution in [0.4, 0.5) is 11.4 Å². The van der Waals surface area contributed by atoms with Gasteiger partial charge in [0.25, 0.3) is 0 Å². The number of ether oxygens (including phenoxy) is 1. The van der Waals surface area contributed by atoms with E-state index in [-0.39, 0.29) is 24.2 Å². The molecular formula is C25H33N3O3. The van der Waals surface area contributed by atoms with Gasteiger partial charge in [-0.05, 0) is 49.3 Å². The Bertz CT molecular complexity index is 878. The number of benzene rings is 2. The second-order valence-corrected chi connectivity index (χ2v) is 7.79. The third-order valence-electron chi connectivity index (χ3n) is 5.86. The van der Waals surface area contributed by atoms with Crippen molar-refractivity contribution in [3.05, 3.63) is 54.1 Å². The summed E-state index contributed by atoms with van der Waals surface area (Å²) in [5.41, 5.74) is 2.71. The van der Waals surface area contributed by atoms with Crippen LogP contribution in [0.5, 0.6) is 5.75 Å². The average molecular weight is 424 g/mol. The van der Waals surface area contributed by atoms with Crippen LogP contribution < -0.4 is 15.0 Å². The van der Waals surface area contributed by atoms with E-state index in [1.165, 1.54) is 5.56 Å². The molecule has 0 radical (unpaired) electrons. The number of nitrogens with one attached hydrogen (secondary N) is 1. The van der Waals surface area contributed by atoms with Gasteiger partial charge >= 0.3 is 0 Å². The number of nitrogens with zero attached hydrogens (tertiary/aromatic N) is 2. The maximum absolute atomic E-state index is 12.9. The summed E-state index contributed by atoms with van der Waals surface area (Å²) in [6.45, 7) is 10.1. The first-order chi connectivity index (χ1) is 15.0. The standard InChI is InChI=1S/C25H33N3O3/c1-4-19-11-13-21(14-12-19)28-18-20(17-24(28)29)25(30)26-22-9-7-8-10-23(22)31-16-15-27(5-2)6-3/h7-14,20H,4-6,15-18H2,1-3H3,(H,26,30). The first-order valence-electron chi connectivity index (χ1n) is 11.2. The molecule has 2 aromatic rings. The summed E-state index contributed by atoms with van der Waals surface area (Å²) in [7, 11) is 0. The highest BCUT2D eigenvalue weighted by molar-refractivity contribution is 6.03. The number of aryl methyl sites for hydroxylation is 1. The molecule has 6 nitrogen and oxygen atoms in total. The summed E-state index contributed by atoms with van der Waals surface area (Å²) in [5, 5.41) is 2.97. The van der Waals surface area contributed by atoms with Crippen LogP contribution in [-0.4, -0.2) is 49.5 Å². The summed E-state index contributed by atoms with van der Waals surface area (Å²) in [6, 6.07) is 15.4. The number of para-hydroxylation sites is 2. The van der Waals surface area contributed by atoms with Gasteiger partial charge in [0.05, 0.1) is 11.6 Å². The fraction of sp³-hybridized carbons (Fsp3) is 0.440. The Morgan fingerprint density at radius 1 is 1.10 bits per heavy atom. The van der Waals surface area contributed by atoms with Crippen LogP contribution in [0.25, 0.3) is 0 Å². The molecule has 1 unspecified atom stereocenters. The lowest BCUT2D eigenvalue weighted by Gasteiger charge is -2.19. The molecule has 0 aromatic heterocycles. The smallest absolute Gasteiger partial charge is 0.229 e. The average Bonchev–Trinajstić information content (AvgIpc) is 3.19.